The van der Waals surface area contributed by atoms with Crippen LogP contribution in [0.25, 0.3) is 5.57 Å². The third kappa shape index (κ3) is 6.43. The molecule has 0 saturated carbocycles. The van der Waals surface area contributed by atoms with Crippen LogP contribution in [0, 0.1) is 17.1 Å². The summed E-state index contributed by atoms with van der Waals surface area (Å²) in [5, 5.41) is 43.5. The molecule has 8 heteroatoms. The molecule has 2 aromatic rings. The number of carboxylic acid groups (broad SMARTS) is 2. The number of halogens is 1. The molecule has 4 N–H and O–H groups in total. The van der Waals surface area contributed by atoms with Crippen molar-refractivity contribution in [3.8, 4) is 11.8 Å². The predicted molar refractivity (Wildman–Crippen MR) is 88.3 cm³/mol. The number of rotatable bonds is 4. The Hall–Kier alpha value is -3.70. The van der Waals surface area contributed by atoms with Crippen LogP contribution < -0.4 is 0 Å². The average molecular weight is 359 g/mol. The maximum atomic E-state index is 12.3. The van der Waals surface area contributed by atoms with Gasteiger partial charge in [0, 0.05) is 6.08 Å². The highest BCUT2D eigenvalue weighted by atomic mass is 19.1. The fourth-order valence-corrected chi connectivity index (χ4v) is 1.76. The maximum absolute atomic E-state index is 12.3. The van der Waals surface area contributed by atoms with Crippen molar-refractivity contribution in [3.63, 3.8) is 0 Å². The standard InChI is InChI=1S/C10H7NO3.C8H7FO3/c11-6-8(5-10(13)14)7-2-1-3-9(12)4-7;9-6-3-1-5(2-4-6)7(10)8(11)12/h1-5,12H,(H,13,14);1-4,7,10H,(H,11,12). The number of hydrogen-bond donors (Lipinski definition) is 4. The summed E-state index contributed by atoms with van der Waals surface area (Å²) in [4.78, 5) is 20.6. The topological polar surface area (TPSA) is 139 Å². The van der Waals surface area contributed by atoms with Gasteiger partial charge < -0.3 is 20.4 Å². The van der Waals surface area contributed by atoms with Crippen LogP contribution in [-0.4, -0.2) is 32.4 Å². The van der Waals surface area contributed by atoms with Crippen molar-refractivity contribution in [1.82, 2.24) is 0 Å². The molecule has 0 bridgehead atoms. The van der Waals surface area contributed by atoms with Gasteiger partial charge in [-0.3, -0.25) is 0 Å². The Labute approximate surface area is 147 Å². The molecular weight excluding hydrogens is 345 g/mol. The Balaban J connectivity index is 0.000000263. The molecule has 26 heavy (non-hydrogen) atoms. The highest BCUT2D eigenvalue weighted by Crippen LogP contribution is 2.18. The van der Waals surface area contributed by atoms with E-state index in [4.69, 9.17) is 25.7 Å². The lowest BCUT2D eigenvalue weighted by molar-refractivity contribution is -0.147. The highest BCUT2D eigenvalue weighted by Gasteiger charge is 2.14. The number of hydrogen-bond acceptors (Lipinski definition) is 5. The number of aliphatic hydroxyl groups is 1. The van der Waals surface area contributed by atoms with E-state index in [0.717, 1.165) is 18.2 Å². The molecule has 2 rings (SSSR count). The quantitative estimate of drug-likeness (QED) is 0.485. The monoisotopic (exact) mass is 359 g/mol. The molecule has 1 atom stereocenters. The van der Waals surface area contributed by atoms with Crippen molar-refractivity contribution in [2.75, 3.05) is 0 Å². The summed E-state index contributed by atoms with van der Waals surface area (Å²) in [5.74, 6) is -3.00. The number of aliphatic hydroxyl groups excluding tert-OH is 1. The fourth-order valence-electron chi connectivity index (χ4n) is 1.76. The van der Waals surface area contributed by atoms with Gasteiger partial charge in [0.05, 0.1) is 5.57 Å². The van der Waals surface area contributed by atoms with Crippen molar-refractivity contribution < 1.29 is 34.4 Å². The molecule has 0 spiro atoms. The summed E-state index contributed by atoms with van der Waals surface area (Å²) in [6.07, 6.45) is -0.778. The van der Waals surface area contributed by atoms with Crippen LogP contribution in [0.1, 0.15) is 17.2 Å². The average Bonchev–Trinajstić information content (AvgIpc) is 2.60. The Morgan fingerprint density at radius 1 is 1.12 bits per heavy atom. The Kier molecular flexibility index (Phi) is 7.48. The highest BCUT2D eigenvalue weighted by molar-refractivity contribution is 5.94. The number of aromatic hydroxyl groups is 1. The van der Waals surface area contributed by atoms with Gasteiger partial charge in [-0.25, -0.2) is 14.0 Å². The number of aliphatic carboxylic acids is 2. The van der Waals surface area contributed by atoms with Crippen LogP contribution in [0.15, 0.2) is 54.6 Å². The van der Waals surface area contributed by atoms with Crippen LogP contribution in [-0.2, 0) is 9.59 Å². The number of benzene rings is 2. The lowest BCUT2D eigenvalue weighted by atomic mass is 10.1. The van der Waals surface area contributed by atoms with E-state index in [1.807, 2.05) is 0 Å². The first-order valence-electron chi connectivity index (χ1n) is 7.05. The van der Waals surface area contributed by atoms with Gasteiger partial charge in [-0.2, -0.15) is 5.26 Å². The van der Waals surface area contributed by atoms with E-state index >= 15 is 0 Å². The van der Waals surface area contributed by atoms with Crippen LogP contribution in [0.4, 0.5) is 4.39 Å². The maximum Gasteiger partial charge on any atom is 0.337 e. The lowest BCUT2D eigenvalue weighted by Crippen LogP contribution is -2.10. The second kappa shape index (κ2) is 9.56. The third-order valence-corrected chi connectivity index (χ3v) is 2.97. The van der Waals surface area contributed by atoms with Crippen LogP contribution in [0.2, 0.25) is 0 Å². The largest absolute Gasteiger partial charge is 0.508 e. The molecule has 0 aliphatic heterocycles. The third-order valence-electron chi connectivity index (χ3n) is 2.97. The van der Waals surface area contributed by atoms with Gasteiger partial charge in [0.1, 0.15) is 17.6 Å². The zero-order valence-corrected chi connectivity index (χ0v) is 13.2. The van der Waals surface area contributed by atoms with Crippen LogP contribution in [0.3, 0.4) is 0 Å². The Bertz CT molecular complexity index is 855. The predicted octanol–water partition coefficient (Wildman–Crippen LogP) is 2.33. The van der Waals surface area contributed by atoms with Gasteiger partial charge in [0.25, 0.3) is 0 Å². The Morgan fingerprint density at radius 3 is 2.19 bits per heavy atom. The van der Waals surface area contributed by atoms with Gasteiger partial charge in [-0.1, -0.05) is 24.3 Å². The number of nitriles is 1. The minimum absolute atomic E-state index is 0.00552. The number of allylic oxidation sites excluding steroid dienone is 1. The molecule has 1 unspecified atom stereocenters. The first-order valence-corrected chi connectivity index (χ1v) is 7.05. The number of phenols is 1. The number of phenolic OH excluding ortho intramolecular Hbond substituents is 1. The van der Waals surface area contributed by atoms with E-state index in [-0.39, 0.29) is 16.9 Å². The van der Waals surface area contributed by atoms with E-state index in [9.17, 15) is 14.0 Å². The fraction of sp³-hybridized carbons (Fsp3) is 0.0556. The smallest absolute Gasteiger partial charge is 0.337 e. The molecule has 0 heterocycles. The van der Waals surface area contributed by atoms with E-state index in [2.05, 4.69) is 0 Å². The molecular formula is C18H14FNO6. The zero-order chi connectivity index (χ0) is 19.7. The molecule has 0 aliphatic rings. The summed E-state index contributed by atoms with van der Waals surface area (Å²) in [5.41, 5.74) is 0.562. The molecule has 2 aromatic carbocycles. The first kappa shape index (κ1) is 20.3. The van der Waals surface area contributed by atoms with E-state index in [0.29, 0.717) is 5.56 Å². The molecule has 0 aliphatic carbocycles. The van der Waals surface area contributed by atoms with Gasteiger partial charge in [0.2, 0.25) is 0 Å². The lowest BCUT2D eigenvalue weighted by Gasteiger charge is -2.03. The minimum Gasteiger partial charge on any atom is -0.508 e. The van der Waals surface area contributed by atoms with Crippen molar-refractivity contribution in [3.05, 3.63) is 71.6 Å². The summed E-state index contributed by atoms with van der Waals surface area (Å²) in [6, 6.07) is 12.3. The molecule has 0 fully saturated rings. The number of nitrogens with zero attached hydrogens (tertiary/aromatic N) is 1. The molecule has 0 aromatic heterocycles. The number of carbonyl (C=O) groups is 2. The van der Waals surface area contributed by atoms with Crippen molar-refractivity contribution >= 4 is 17.5 Å². The summed E-state index contributed by atoms with van der Waals surface area (Å²) < 4.78 is 12.3. The second-order valence-electron chi connectivity index (χ2n) is 4.85. The molecule has 134 valence electrons. The molecule has 0 saturated heterocycles. The second-order valence-corrected chi connectivity index (χ2v) is 4.85. The van der Waals surface area contributed by atoms with E-state index in [1.165, 1.54) is 30.3 Å². The van der Waals surface area contributed by atoms with Gasteiger partial charge in [0.15, 0.2) is 6.10 Å². The zero-order valence-electron chi connectivity index (χ0n) is 13.2. The first-order chi connectivity index (χ1) is 12.2. The van der Waals surface area contributed by atoms with E-state index < -0.39 is 23.9 Å². The van der Waals surface area contributed by atoms with Gasteiger partial charge in [-0.15, -0.1) is 0 Å². The summed E-state index contributed by atoms with van der Waals surface area (Å²) in [6.45, 7) is 0. The van der Waals surface area contributed by atoms with Crippen LogP contribution in [0.5, 0.6) is 5.75 Å². The summed E-state index contributed by atoms with van der Waals surface area (Å²) >= 11 is 0. The summed E-state index contributed by atoms with van der Waals surface area (Å²) in [7, 11) is 0. The van der Waals surface area contributed by atoms with Crippen LogP contribution >= 0.6 is 0 Å². The molecule has 7 nitrogen and oxygen atoms in total. The molecule has 0 radical (unpaired) electrons. The van der Waals surface area contributed by atoms with Gasteiger partial charge >= 0.3 is 11.9 Å². The van der Waals surface area contributed by atoms with Crippen molar-refractivity contribution in [2.24, 2.45) is 0 Å². The van der Waals surface area contributed by atoms with E-state index in [1.54, 1.807) is 12.1 Å². The molecule has 0 amide bonds. The minimum atomic E-state index is -1.58. The number of carboxylic acids is 2. The van der Waals surface area contributed by atoms with Crippen molar-refractivity contribution in [1.29, 1.82) is 5.26 Å². The van der Waals surface area contributed by atoms with Crippen molar-refractivity contribution in [2.45, 2.75) is 6.10 Å². The SMILES string of the molecule is N#CC(=CC(=O)O)c1cccc(O)c1.O=C(O)C(O)c1ccc(F)cc1. The normalized spacial score (nSPS) is 11.5. The van der Waals surface area contributed by atoms with Gasteiger partial charge in [-0.05, 0) is 35.4 Å². The Morgan fingerprint density at radius 2 is 1.73 bits per heavy atom.